The number of aryl methyl sites for hydroxylation is 1. The van der Waals surface area contributed by atoms with Crippen molar-refractivity contribution in [3.8, 4) is 0 Å². The number of nitrogens with one attached hydrogen (secondary N) is 1. The first-order chi connectivity index (χ1) is 14.4. The molecule has 156 valence electrons. The lowest BCUT2D eigenvalue weighted by Crippen LogP contribution is -2.48. The number of rotatable bonds is 5. The summed E-state index contributed by atoms with van der Waals surface area (Å²) >= 11 is 3.33. The Balaban J connectivity index is 1.38. The summed E-state index contributed by atoms with van der Waals surface area (Å²) in [4.78, 5) is 6.63. The lowest BCUT2D eigenvalue weighted by Gasteiger charge is -2.34. The molecule has 0 spiro atoms. The summed E-state index contributed by atoms with van der Waals surface area (Å²) in [5, 5.41) is 11.6. The zero-order valence-electron chi connectivity index (χ0n) is 16.4. The maximum Gasteiger partial charge on any atom is 0.243 e. The summed E-state index contributed by atoms with van der Waals surface area (Å²) in [6.45, 7) is 3.88. The molecule has 1 aromatic carbocycles. The predicted molar refractivity (Wildman–Crippen MR) is 119 cm³/mol. The number of piperazine rings is 1. The lowest BCUT2D eigenvalue weighted by molar-refractivity contribution is 0.383. The van der Waals surface area contributed by atoms with Crippen molar-refractivity contribution < 1.29 is 8.42 Å². The van der Waals surface area contributed by atoms with Gasteiger partial charge in [0, 0.05) is 36.8 Å². The quantitative estimate of drug-likeness (QED) is 0.589. The molecule has 2 aromatic heterocycles. The first-order valence-corrected chi connectivity index (χ1v) is 11.7. The van der Waals surface area contributed by atoms with E-state index in [2.05, 4.69) is 36.4 Å². The first kappa shape index (κ1) is 20.7. The summed E-state index contributed by atoms with van der Waals surface area (Å²) in [7, 11) is -3.50. The Kier molecular flexibility index (Phi) is 5.98. The molecule has 0 radical (unpaired) electrons. The van der Waals surface area contributed by atoms with Crippen LogP contribution < -0.4 is 10.2 Å². The SMILES string of the molecule is Cc1ccc(Nc2ccc(N3CCN(S(=O)(=O)c4ccc(Br)cc4)CC3)nn2)nc1. The second-order valence-electron chi connectivity index (χ2n) is 6.97. The zero-order chi connectivity index (χ0) is 21.1. The van der Waals surface area contributed by atoms with Crippen molar-refractivity contribution in [3.05, 3.63) is 64.8 Å². The number of sulfonamides is 1. The van der Waals surface area contributed by atoms with Gasteiger partial charge in [-0.15, -0.1) is 10.2 Å². The molecule has 8 nitrogen and oxygen atoms in total. The third kappa shape index (κ3) is 4.61. The Morgan fingerprint density at radius 1 is 0.900 bits per heavy atom. The number of hydrogen-bond donors (Lipinski definition) is 1. The van der Waals surface area contributed by atoms with Crippen LogP contribution in [0, 0.1) is 6.92 Å². The highest BCUT2D eigenvalue weighted by atomic mass is 79.9. The molecule has 0 bridgehead atoms. The smallest absolute Gasteiger partial charge is 0.243 e. The minimum Gasteiger partial charge on any atom is -0.352 e. The Morgan fingerprint density at radius 2 is 1.60 bits per heavy atom. The van der Waals surface area contributed by atoms with Gasteiger partial charge in [0.2, 0.25) is 10.0 Å². The highest BCUT2D eigenvalue weighted by Gasteiger charge is 2.29. The summed E-state index contributed by atoms with van der Waals surface area (Å²) in [5.41, 5.74) is 1.09. The van der Waals surface area contributed by atoms with Crippen LogP contribution in [0.3, 0.4) is 0 Å². The van der Waals surface area contributed by atoms with E-state index in [0.29, 0.717) is 42.7 Å². The van der Waals surface area contributed by atoms with Crippen LogP contribution in [0.15, 0.2) is 64.1 Å². The minimum atomic E-state index is -3.50. The molecule has 1 saturated heterocycles. The molecule has 0 atom stereocenters. The summed E-state index contributed by atoms with van der Waals surface area (Å²) in [6, 6.07) is 14.3. The molecular weight excluding hydrogens is 468 g/mol. The molecule has 30 heavy (non-hydrogen) atoms. The maximum absolute atomic E-state index is 12.8. The van der Waals surface area contributed by atoms with Gasteiger partial charge >= 0.3 is 0 Å². The molecule has 1 aliphatic rings. The van der Waals surface area contributed by atoms with E-state index >= 15 is 0 Å². The first-order valence-electron chi connectivity index (χ1n) is 9.46. The summed E-state index contributed by atoms with van der Waals surface area (Å²) in [6.07, 6.45) is 1.78. The largest absolute Gasteiger partial charge is 0.352 e. The number of pyridine rings is 1. The van der Waals surface area contributed by atoms with Gasteiger partial charge in [-0.3, -0.25) is 0 Å². The van der Waals surface area contributed by atoms with Gasteiger partial charge in [0.1, 0.15) is 5.82 Å². The third-order valence-electron chi connectivity index (χ3n) is 4.83. The molecule has 0 saturated carbocycles. The second kappa shape index (κ2) is 8.66. The average Bonchev–Trinajstić information content (AvgIpc) is 2.76. The van der Waals surface area contributed by atoms with E-state index < -0.39 is 10.0 Å². The van der Waals surface area contributed by atoms with Crippen molar-refractivity contribution in [2.75, 3.05) is 36.4 Å². The molecule has 1 N–H and O–H groups in total. The molecule has 10 heteroatoms. The molecule has 3 heterocycles. The van der Waals surface area contributed by atoms with Crippen molar-refractivity contribution in [1.29, 1.82) is 0 Å². The van der Waals surface area contributed by atoms with Gasteiger partial charge in [-0.1, -0.05) is 22.0 Å². The number of benzene rings is 1. The zero-order valence-corrected chi connectivity index (χ0v) is 18.8. The van der Waals surface area contributed by atoms with E-state index in [4.69, 9.17) is 0 Å². The van der Waals surface area contributed by atoms with Crippen LogP contribution in [0.2, 0.25) is 0 Å². The number of halogens is 1. The monoisotopic (exact) mass is 488 g/mol. The Morgan fingerprint density at radius 3 is 2.20 bits per heavy atom. The van der Waals surface area contributed by atoms with Crippen molar-refractivity contribution in [3.63, 3.8) is 0 Å². The van der Waals surface area contributed by atoms with Crippen LogP contribution in [0.5, 0.6) is 0 Å². The van der Waals surface area contributed by atoms with Crippen LogP contribution >= 0.6 is 15.9 Å². The summed E-state index contributed by atoms with van der Waals surface area (Å²) in [5.74, 6) is 2.03. The average molecular weight is 489 g/mol. The highest BCUT2D eigenvalue weighted by Crippen LogP contribution is 2.22. The molecule has 0 amide bonds. The van der Waals surface area contributed by atoms with E-state index in [9.17, 15) is 8.42 Å². The fraction of sp³-hybridized carbons (Fsp3) is 0.250. The van der Waals surface area contributed by atoms with Gasteiger partial charge in [-0.05, 0) is 55.0 Å². The molecule has 1 fully saturated rings. The third-order valence-corrected chi connectivity index (χ3v) is 7.27. The van der Waals surface area contributed by atoms with Crippen LogP contribution in [0.4, 0.5) is 17.5 Å². The predicted octanol–water partition coefficient (Wildman–Crippen LogP) is 3.20. The van der Waals surface area contributed by atoms with Gasteiger partial charge in [0.25, 0.3) is 0 Å². The van der Waals surface area contributed by atoms with Crippen molar-refractivity contribution in [2.45, 2.75) is 11.8 Å². The van der Waals surface area contributed by atoms with E-state index in [1.165, 1.54) is 4.31 Å². The molecule has 3 aromatic rings. The van der Waals surface area contributed by atoms with E-state index in [0.717, 1.165) is 15.9 Å². The van der Waals surface area contributed by atoms with E-state index in [-0.39, 0.29) is 0 Å². The highest BCUT2D eigenvalue weighted by molar-refractivity contribution is 9.10. The fourth-order valence-electron chi connectivity index (χ4n) is 3.15. The Bertz CT molecular complexity index is 1100. The fourth-order valence-corrected chi connectivity index (χ4v) is 4.83. The van der Waals surface area contributed by atoms with Gasteiger partial charge < -0.3 is 10.2 Å². The van der Waals surface area contributed by atoms with Crippen LogP contribution in [-0.4, -0.2) is 54.1 Å². The van der Waals surface area contributed by atoms with Crippen molar-refractivity contribution in [1.82, 2.24) is 19.5 Å². The molecule has 0 unspecified atom stereocenters. The van der Waals surface area contributed by atoms with Gasteiger partial charge in [0.05, 0.1) is 4.90 Å². The number of hydrogen-bond acceptors (Lipinski definition) is 7. The Hall–Kier alpha value is -2.56. The topological polar surface area (TPSA) is 91.3 Å². The van der Waals surface area contributed by atoms with Crippen molar-refractivity contribution in [2.24, 2.45) is 0 Å². The van der Waals surface area contributed by atoms with Crippen molar-refractivity contribution >= 4 is 43.4 Å². The van der Waals surface area contributed by atoms with Gasteiger partial charge in [-0.2, -0.15) is 4.31 Å². The van der Waals surface area contributed by atoms with Crippen LogP contribution in [0.25, 0.3) is 0 Å². The summed E-state index contributed by atoms with van der Waals surface area (Å²) < 4.78 is 28.0. The molecule has 1 aliphatic heterocycles. The normalized spacial score (nSPS) is 15.2. The number of aromatic nitrogens is 3. The standard InChI is InChI=1S/C20H21BrN6O2S/c1-15-2-7-18(22-14-15)23-19-8-9-20(25-24-19)26-10-12-27(13-11-26)30(28,29)17-5-3-16(21)4-6-17/h2-9,14H,10-13H2,1H3,(H,22,23,24). The minimum absolute atomic E-state index is 0.305. The molecule has 0 aliphatic carbocycles. The van der Waals surface area contributed by atoms with E-state index in [1.54, 1.807) is 30.5 Å². The molecule has 4 rings (SSSR count). The molecular formula is C20H21BrN6O2S. The van der Waals surface area contributed by atoms with Crippen LogP contribution in [-0.2, 0) is 10.0 Å². The number of nitrogens with zero attached hydrogens (tertiary/aromatic N) is 5. The van der Waals surface area contributed by atoms with Crippen LogP contribution in [0.1, 0.15) is 5.56 Å². The lowest BCUT2D eigenvalue weighted by atomic mass is 10.3. The second-order valence-corrected chi connectivity index (χ2v) is 9.82. The maximum atomic E-state index is 12.8. The van der Waals surface area contributed by atoms with Gasteiger partial charge in [0.15, 0.2) is 11.6 Å². The Labute approximate surface area is 184 Å². The number of anilines is 3. The van der Waals surface area contributed by atoms with Gasteiger partial charge in [-0.25, -0.2) is 13.4 Å². The van der Waals surface area contributed by atoms with E-state index in [1.807, 2.05) is 36.1 Å².